The monoisotopic (exact) mass is 823 g/mol. The molecule has 1 aliphatic rings. The number of unbranched alkanes of at least 4 members (excludes halogenated alkanes) is 12. The summed E-state index contributed by atoms with van der Waals surface area (Å²) in [5, 5.41) is 0. The van der Waals surface area contributed by atoms with E-state index in [0.29, 0.717) is 0 Å². The summed E-state index contributed by atoms with van der Waals surface area (Å²) in [5.41, 5.74) is 26.5. The van der Waals surface area contributed by atoms with Crippen LogP contribution in [0.2, 0.25) is 0 Å². The van der Waals surface area contributed by atoms with E-state index in [4.69, 9.17) is 0 Å². The molecule has 0 amide bonds. The van der Waals surface area contributed by atoms with Gasteiger partial charge in [0.2, 0.25) is 11.4 Å². The third kappa shape index (κ3) is 18.7. The van der Waals surface area contributed by atoms with Crippen LogP contribution in [0.3, 0.4) is 0 Å². The molecule has 0 bridgehead atoms. The maximum Gasteiger partial charge on any atom is 2.00 e. The quantitative estimate of drug-likeness (QED) is 0.0354. The molecule has 0 aromatic heterocycles. The largest absolute Gasteiger partial charge is 2.00 e. The summed E-state index contributed by atoms with van der Waals surface area (Å²) in [6.45, 7) is 26.1. The van der Waals surface area contributed by atoms with Gasteiger partial charge in [-0.25, -0.2) is 4.70 Å². The SMILES string of the molecule is CCCCCCCCCCCCCCC=CC1=C(c2cc(CCC)c(CCC)c(CCC)c2)[N+](=[N-])C(c2cc(CCC)c(CCC)c(CCC)c2)=C1.[CH2-]C.[CH2-]C.[Ni+2]. The first-order valence-corrected chi connectivity index (χ1v) is 23.8. The Hall–Kier alpha value is -2.25. The van der Waals surface area contributed by atoms with Crippen molar-refractivity contribution in [1.82, 2.24) is 0 Å². The van der Waals surface area contributed by atoms with Crippen molar-refractivity contribution in [1.29, 1.82) is 0 Å². The molecule has 0 N–H and O–H groups in total. The standard InChI is InChI=1S/C50H78N2.2C2H5.Ni/c1-8-15-16-17-18-19-20-21-22-23-24-25-26-27-34-44-39-49(45-35-40(28-9-2)47(32-13-6)41(36-45)29-10-3)52(51)50(44)46-37-42(30-11-4)48(33-14-7)43(38-46)31-12-5;2*1-2;/h27,34-39H,8-26,28-33H2,1-7H3;2*1H2,2H3;/q;2*-1;+2. The first-order valence-electron chi connectivity index (χ1n) is 23.8. The average Bonchev–Trinajstić information content (AvgIpc) is 3.54. The van der Waals surface area contributed by atoms with Crippen molar-refractivity contribution in [2.75, 3.05) is 0 Å². The molecule has 1 aliphatic heterocycles. The summed E-state index contributed by atoms with van der Waals surface area (Å²) in [7, 11) is 0. The number of aryl methyl sites for hydroxylation is 4. The molecule has 3 heteroatoms. The van der Waals surface area contributed by atoms with E-state index in [-0.39, 0.29) is 16.5 Å². The van der Waals surface area contributed by atoms with Crippen molar-refractivity contribution in [3.05, 3.63) is 112 Å². The molecule has 0 saturated heterocycles. The Balaban J connectivity index is 0.00000607. The predicted molar refractivity (Wildman–Crippen MR) is 252 cm³/mol. The van der Waals surface area contributed by atoms with Crippen LogP contribution in [0.4, 0.5) is 0 Å². The van der Waals surface area contributed by atoms with Gasteiger partial charge in [0, 0.05) is 17.2 Å². The van der Waals surface area contributed by atoms with Gasteiger partial charge in [0.05, 0.1) is 5.57 Å². The Bertz CT molecular complexity index is 1400. The van der Waals surface area contributed by atoms with Crippen molar-refractivity contribution in [3.8, 4) is 0 Å². The Morgan fingerprint density at radius 2 is 0.825 bits per heavy atom. The van der Waals surface area contributed by atoms with Crippen LogP contribution < -0.4 is 0 Å². The van der Waals surface area contributed by atoms with Gasteiger partial charge >= 0.3 is 16.5 Å². The molecule has 0 unspecified atom stereocenters. The zero-order valence-electron chi connectivity index (χ0n) is 38.8. The molecule has 0 spiro atoms. The summed E-state index contributed by atoms with van der Waals surface area (Å²) >= 11 is 0. The number of rotatable bonds is 28. The van der Waals surface area contributed by atoms with E-state index in [0.717, 1.165) is 112 Å². The zero-order chi connectivity index (χ0) is 41.6. The number of nitrogens with zero attached hydrogens (tertiary/aromatic N) is 2. The number of benzene rings is 2. The average molecular weight is 824 g/mol. The number of allylic oxidation sites excluding steroid dienone is 4. The van der Waals surface area contributed by atoms with E-state index >= 15 is 0 Å². The minimum Gasteiger partial charge on any atom is -0.493 e. The van der Waals surface area contributed by atoms with Gasteiger partial charge in [-0.2, -0.15) is 13.8 Å². The van der Waals surface area contributed by atoms with E-state index in [1.54, 1.807) is 29.7 Å². The van der Waals surface area contributed by atoms with Gasteiger partial charge in [0.1, 0.15) is 0 Å². The summed E-state index contributed by atoms with van der Waals surface area (Å²) in [6.07, 6.45) is 38.1. The second-order valence-corrected chi connectivity index (χ2v) is 15.8. The van der Waals surface area contributed by atoms with E-state index < -0.39 is 0 Å². The summed E-state index contributed by atoms with van der Waals surface area (Å²) in [6, 6.07) is 9.62. The van der Waals surface area contributed by atoms with Gasteiger partial charge in [-0.05, 0) is 109 Å². The molecule has 0 saturated carbocycles. The van der Waals surface area contributed by atoms with Crippen LogP contribution in [0.15, 0.2) is 48.1 Å². The van der Waals surface area contributed by atoms with Gasteiger partial charge in [0.25, 0.3) is 0 Å². The molecule has 0 aliphatic carbocycles. The molecule has 0 fully saturated rings. The minimum atomic E-state index is 0. The predicted octanol–water partition coefficient (Wildman–Crippen LogP) is 17.5. The molecule has 2 nitrogen and oxygen atoms in total. The fourth-order valence-corrected chi connectivity index (χ4v) is 8.45. The smallest absolute Gasteiger partial charge is 0.493 e. The molecule has 57 heavy (non-hydrogen) atoms. The minimum absolute atomic E-state index is 0. The van der Waals surface area contributed by atoms with Gasteiger partial charge in [-0.15, -0.1) is 0 Å². The van der Waals surface area contributed by atoms with Gasteiger partial charge < -0.3 is 19.4 Å². The van der Waals surface area contributed by atoms with Crippen LogP contribution in [0.5, 0.6) is 0 Å². The molecule has 0 atom stereocenters. The molecular formula is C54H88N2Ni. The fourth-order valence-electron chi connectivity index (χ4n) is 8.45. The fraction of sp³-hybridized carbons (Fsp3) is 0.630. The van der Waals surface area contributed by atoms with Crippen molar-refractivity contribution in [3.63, 3.8) is 0 Å². The molecule has 0 radical (unpaired) electrons. The Morgan fingerprint density at radius 3 is 1.19 bits per heavy atom. The van der Waals surface area contributed by atoms with Crippen LogP contribution >= 0.6 is 0 Å². The molecule has 324 valence electrons. The second kappa shape index (κ2) is 34.6. The first-order chi connectivity index (χ1) is 27.5. The maximum absolute atomic E-state index is 12.2. The van der Waals surface area contributed by atoms with Gasteiger partial charge in [-0.1, -0.05) is 170 Å². The van der Waals surface area contributed by atoms with Crippen molar-refractivity contribution < 1.29 is 21.2 Å². The van der Waals surface area contributed by atoms with Crippen molar-refractivity contribution in [2.45, 2.75) is 223 Å². The van der Waals surface area contributed by atoms with Crippen LogP contribution in [-0.4, -0.2) is 4.70 Å². The Kier molecular flexibility index (Phi) is 33.2. The molecule has 2 aromatic carbocycles. The normalized spacial score (nSPS) is 12.3. The van der Waals surface area contributed by atoms with Crippen LogP contribution in [0.25, 0.3) is 16.9 Å². The topological polar surface area (TPSA) is 25.3 Å². The maximum atomic E-state index is 12.2. The van der Waals surface area contributed by atoms with Crippen LogP contribution in [-0.2, 0) is 55.0 Å². The van der Waals surface area contributed by atoms with E-state index in [1.807, 2.05) is 0 Å². The Labute approximate surface area is 365 Å². The third-order valence-electron chi connectivity index (χ3n) is 11.0. The summed E-state index contributed by atoms with van der Waals surface area (Å²) in [4.78, 5) is 0. The first kappa shape index (κ1) is 54.8. The van der Waals surface area contributed by atoms with E-state index in [1.165, 1.54) is 99.3 Å². The second-order valence-electron chi connectivity index (χ2n) is 15.8. The number of hydrogen-bond donors (Lipinski definition) is 0. The summed E-state index contributed by atoms with van der Waals surface area (Å²) in [5.74, 6) is 0. The van der Waals surface area contributed by atoms with Gasteiger partial charge in [0.15, 0.2) is 0 Å². The molecule has 1 heterocycles. The van der Waals surface area contributed by atoms with Crippen molar-refractivity contribution in [2.24, 2.45) is 0 Å². The van der Waals surface area contributed by atoms with E-state index in [9.17, 15) is 5.53 Å². The third-order valence-corrected chi connectivity index (χ3v) is 11.0. The van der Waals surface area contributed by atoms with E-state index in [2.05, 4.69) is 105 Å². The summed E-state index contributed by atoms with van der Waals surface area (Å²) < 4.78 is 1.55. The van der Waals surface area contributed by atoms with Crippen molar-refractivity contribution >= 4 is 11.4 Å². The van der Waals surface area contributed by atoms with Crippen LogP contribution in [0.1, 0.15) is 229 Å². The molecular weight excluding hydrogens is 735 g/mol. The molecule has 3 rings (SSSR count). The molecule has 2 aromatic rings. The Morgan fingerprint density at radius 1 is 0.474 bits per heavy atom. The van der Waals surface area contributed by atoms with Gasteiger partial charge in [-0.3, -0.25) is 0 Å². The van der Waals surface area contributed by atoms with Crippen LogP contribution in [0, 0.1) is 13.8 Å². The number of hydrogen-bond acceptors (Lipinski definition) is 0. The zero-order valence-corrected chi connectivity index (χ0v) is 39.8.